The molecule has 0 spiro atoms. The SMILES string of the molecule is [2H]c1c([2H])c([2H])c([C@]([2H])(Oc2c([2H])c([2H])c(C)c([2H])c2[2H])C([2H])([2H])C([2H])([2H])[NH2+]C([2H])([2H])[2H])c([2H])c1[2H]. The van der Waals surface area contributed by atoms with Crippen LogP contribution in [0.5, 0.6) is 5.75 Å². The molecule has 100 valence electrons. The van der Waals surface area contributed by atoms with Crippen LogP contribution in [0.2, 0.25) is 0 Å². The van der Waals surface area contributed by atoms with Gasteiger partial charge in [-0.1, -0.05) is 47.9 Å². The summed E-state index contributed by atoms with van der Waals surface area (Å²) in [7, 11) is 0. The molecule has 0 aliphatic rings. The van der Waals surface area contributed by atoms with E-state index in [0.717, 1.165) is 0 Å². The van der Waals surface area contributed by atoms with Crippen molar-refractivity contribution in [2.24, 2.45) is 0 Å². The first kappa shape index (κ1) is 3.64. The van der Waals surface area contributed by atoms with E-state index in [-0.39, 0.29) is 10.9 Å². The van der Waals surface area contributed by atoms with E-state index in [1.54, 1.807) is 0 Å². The van der Waals surface area contributed by atoms with Crippen LogP contribution in [0.25, 0.3) is 0 Å². The molecular weight excluding hydrogens is 234 g/mol. The van der Waals surface area contributed by atoms with E-state index in [1.165, 1.54) is 6.92 Å². The Morgan fingerprint density at radius 1 is 1.26 bits per heavy atom. The van der Waals surface area contributed by atoms with Gasteiger partial charge < -0.3 is 10.1 Å². The maximum Gasteiger partial charge on any atom is 0.129 e. The normalized spacial score (nSPS) is 28.8. The summed E-state index contributed by atoms with van der Waals surface area (Å²) in [5, 5.41) is -0.0495. The highest BCUT2D eigenvalue weighted by Crippen LogP contribution is 2.24. The number of nitrogens with two attached hydrogens (primary N) is 1. The zero-order chi connectivity index (χ0) is 28.3. The lowest BCUT2D eigenvalue weighted by Gasteiger charge is -2.19. The van der Waals surface area contributed by atoms with Gasteiger partial charge in [-0.3, -0.25) is 0 Å². The molecule has 19 heavy (non-hydrogen) atoms. The van der Waals surface area contributed by atoms with Crippen LogP contribution in [0.15, 0.2) is 54.4 Å². The first-order chi connectivity index (χ1) is 16.0. The van der Waals surface area contributed by atoms with Crippen molar-refractivity contribution in [1.82, 2.24) is 0 Å². The van der Waals surface area contributed by atoms with Gasteiger partial charge in [0.25, 0.3) is 0 Å². The van der Waals surface area contributed by atoms with Crippen molar-refractivity contribution >= 4 is 0 Å². The Kier molecular flexibility index (Phi) is 1.33. The van der Waals surface area contributed by atoms with E-state index < -0.39 is 91.6 Å². The van der Waals surface area contributed by atoms with Crippen LogP contribution >= 0.6 is 0 Å². The van der Waals surface area contributed by atoms with Crippen molar-refractivity contribution in [3.8, 4) is 5.75 Å². The highest BCUT2D eigenvalue weighted by molar-refractivity contribution is 5.28. The van der Waals surface area contributed by atoms with Crippen LogP contribution in [-0.4, -0.2) is 13.5 Å². The van der Waals surface area contributed by atoms with Crippen LogP contribution in [0.3, 0.4) is 0 Å². The van der Waals surface area contributed by atoms with Gasteiger partial charge in [-0.05, 0) is 24.6 Å². The summed E-state index contributed by atoms with van der Waals surface area (Å²) < 4.78 is 142. The second-order valence-corrected chi connectivity index (χ2v) is 3.30. The molecule has 2 rings (SSSR count). The molecule has 0 aliphatic heterocycles. The predicted octanol–water partition coefficient (Wildman–Crippen LogP) is 2.70. The molecule has 0 fully saturated rings. The van der Waals surface area contributed by atoms with Gasteiger partial charge in [0.1, 0.15) is 11.8 Å². The van der Waals surface area contributed by atoms with Crippen molar-refractivity contribution in [2.45, 2.75) is 19.4 Å². The van der Waals surface area contributed by atoms with Gasteiger partial charge in [-0.2, -0.15) is 0 Å². The van der Waals surface area contributed by atoms with E-state index in [2.05, 4.69) is 0 Å². The van der Waals surface area contributed by atoms with E-state index in [4.69, 9.17) is 28.0 Å². The molecule has 2 nitrogen and oxygen atoms in total. The van der Waals surface area contributed by atoms with E-state index in [0.29, 0.717) is 0 Å². The number of benzene rings is 2. The van der Waals surface area contributed by atoms with E-state index in [9.17, 15) is 0 Å². The number of rotatable bonds is 6. The summed E-state index contributed by atoms with van der Waals surface area (Å²) in [5.41, 5.74) is -1.37. The average Bonchev–Trinajstić information content (AvgIpc) is 2.74. The van der Waals surface area contributed by atoms with E-state index >= 15 is 0 Å². The standard InChI is InChI=1S/C17H21NO/c1-14-8-10-16(11-9-14)19-17(12-13-18-2)15-6-4-3-5-7-15/h3-11,17-18H,12-13H2,1-2H3/p+1/t17-/m1/s1/i2D3,3D,4D,5D,6D,7D,8D,9D,10D,11D,12D2,13D2,17D. The Balaban J connectivity index is 3.05. The first-order valence-electron chi connectivity index (χ1n) is 13.7. The Bertz CT molecular complexity index is 1150. The number of hydrogen-bond acceptors (Lipinski definition) is 1. The van der Waals surface area contributed by atoms with Crippen molar-refractivity contribution in [3.63, 3.8) is 0 Å². The highest BCUT2D eigenvalue weighted by atomic mass is 16.5. The van der Waals surface area contributed by atoms with Crippen molar-refractivity contribution in [3.05, 3.63) is 65.5 Å². The molecule has 1 atom stereocenters. The minimum absolute atomic E-state index is 0.0495. The quantitative estimate of drug-likeness (QED) is 0.860. The fourth-order valence-corrected chi connectivity index (χ4v) is 1.12. The van der Waals surface area contributed by atoms with Gasteiger partial charge in [-0.15, -0.1) is 0 Å². The second kappa shape index (κ2) is 6.95. The lowest BCUT2D eigenvalue weighted by Crippen LogP contribution is -2.79. The molecule has 2 aromatic carbocycles. The third-order valence-corrected chi connectivity index (χ3v) is 1.92. The lowest BCUT2D eigenvalue weighted by molar-refractivity contribution is -0.628. The predicted molar refractivity (Wildman–Crippen MR) is 78.3 cm³/mol. The third kappa shape index (κ3) is 4.11. The Morgan fingerprint density at radius 2 is 2.00 bits per heavy atom. The number of quaternary nitrogens is 1. The van der Waals surface area contributed by atoms with Crippen molar-refractivity contribution in [2.75, 3.05) is 13.5 Å². The number of ether oxygens (including phenoxy) is 1. The van der Waals surface area contributed by atoms with Gasteiger partial charge >= 0.3 is 0 Å². The summed E-state index contributed by atoms with van der Waals surface area (Å²) >= 11 is 0. The second-order valence-electron chi connectivity index (χ2n) is 3.30. The van der Waals surface area contributed by atoms with Gasteiger partial charge in [-0.25, -0.2) is 0 Å². The molecule has 0 saturated carbocycles. The Morgan fingerprint density at radius 3 is 2.68 bits per heavy atom. The zero-order valence-corrected chi connectivity index (χ0v) is 9.99. The summed E-state index contributed by atoms with van der Waals surface area (Å²) in [5.74, 6) is -1.06. The Hall–Kier alpha value is -1.80. The average molecular weight is 273 g/mol. The van der Waals surface area contributed by atoms with E-state index in [1.807, 2.05) is 0 Å². The summed E-state index contributed by atoms with van der Waals surface area (Å²) in [6.45, 7) is -5.52. The maximum absolute atomic E-state index is 8.90. The smallest absolute Gasteiger partial charge is 0.129 e. The van der Waals surface area contributed by atoms with Crippen molar-refractivity contribution in [1.29, 1.82) is 0 Å². The molecule has 0 unspecified atom stereocenters. The van der Waals surface area contributed by atoms with Gasteiger partial charge in [0, 0.05) is 9.11 Å². The molecule has 2 N–H and O–H groups in total. The van der Waals surface area contributed by atoms with Crippen LogP contribution in [0, 0.1) is 6.92 Å². The first-order valence-corrected chi connectivity index (χ1v) is 5.24. The molecule has 0 heterocycles. The summed E-state index contributed by atoms with van der Waals surface area (Å²) in [4.78, 5) is 0. The van der Waals surface area contributed by atoms with Gasteiger partial charge in [0.05, 0.1) is 34.0 Å². The molecule has 0 bridgehead atoms. The summed E-state index contributed by atoms with van der Waals surface area (Å²) in [6, 6.07) is -8.45. The topological polar surface area (TPSA) is 25.8 Å². The lowest BCUT2D eigenvalue weighted by atomic mass is 10.1. The third-order valence-electron chi connectivity index (χ3n) is 1.92. The number of hydrogen-bond donors (Lipinski definition) is 1. The summed E-state index contributed by atoms with van der Waals surface area (Å²) in [6.07, 6.45) is -7.57. The minimum atomic E-state index is -3.85. The highest BCUT2D eigenvalue weighted by Gasteiger charge is 2.13. The molecular formula is C17H22NO+. The van der Waals surface area contributed by atoms with Gasteiger partial charge in [0.2, 0.25) is 0 Å². The van der Waals surface area contributed by atoms with Crippen LogP contribution in [-0.2, 0) is 0 Å². The molecule has 2 heteroatoms. The largest absolute Gasteiger partial charge is 0.486 e. The Labute approximate surface area is 139 Å². The van der Waals surface area contributed by atoms with Gasteiger partial charge in [0.15, 0.2) is 0 Å². The molecule has 0 radical (unpaired) electrons. The molecule has 0 saturated heterocycles. The van der Waals surface area contributed by atoms with Crippen LogP contribution < -0.4 is 10.1 Å². The fourth-order valence-electron chi connectivity index (χ4n) is 1.12. The van der Waals surface area contributed by atoms with Crippen LogP contribution in [0.1, 0.15) is 46.9 Å². The molecule has 2 aromatic rings. The zero-order valence-electron chi connectivity index (χ0n) is 27.0. The molecule has 0 aliphatic carbocycles. The molecule has 0 aromatic heterocycles. The maximum atomic E-state index is 8.90. The fraction of sp³-hybridized carbons (Fsp3) is 0.294. The monoisotopic (exact) mass is 273 g/mol. The van der Waals surface area contributed by atoms with Crippen LogP contribution in [0.4, 0.5) is 0 Å². The minimum Gasteiger partial charge on any atom is -0.486 e. The van der Waals surface area contributed by atoms with Crippen molar-refractivity contribution < 1.29 is 33.4 Å². The molecule has 0 amide bonds.